The Balaban J connectivity index is 2.26. The average molecular weight is 220 g/mol. The van der Waals surface area contributed by atoms with Gasteiger partial charge in [-0.25, -0.2) is 4.68 Å². The van der Waals surface area contributed by atoms with E-state index in [2.05, 4.69) is 15.5 Å². The molecule has 0 unspecified atom stereocenters. The van der Waals surface area contributed by atoms with Crippen LogP contribution in [0.2, 0.25) is 0 Å². The lowest BCUT2D eigenvalue weighted by Crippen LogP contribution is -2.02. The van der Waals surface area contributed by atoms with Gasteiger partial charge < -0.3 is 9.47 Å². The predicted octanol–water partition coefficient (Wildman–Crippen LogP) is 0.739. The molecule has 1 heterocycles. The largest absolute Gasteiger partial charge is 0.497 e. The van der Waals surface area contributed by atoms with Crippen molar-refractivity contribution in [3.05, 3.63) is 30.1 Å². The number of ether oxygens (including phenoxy) is 2. The maximum Gasteiger partial charge on any atom is 0.138 e. The third kappa shape index (κ3) is 2.10. The topological polar surface area (TPSA) is 62.1 Å². The molecule has 0 saturated carbocycles. The number of benzene rings is 1. The van der Waals surface area contributed by atoms with Gasteiger partial charge in [-0.1, -0.05) is 0 Å². The molecule has 0 radical (unpaired) electrons. The van der Waals surface area contributed by atoms with Crippen molar-refractivity contribution in [2.45, 2.75) is 6.54 Å². The van der Waals surface area contributed by atoms with Gasteiger partial charge in [-0.05, 0) is 22.6 Å². The number of nitrogens with zero attached hydrogens (tertiary/aromatic N) is 4. The third-order valence-corrected chi connectivity index (χ3v) is 2.22. The molecular formula is C10H12N4O2. The van der Waals surface area contributed by atoms with Gasteiger partial charge in [0.2, 0.25) is 0 Å². The second-order valence-corrected chi connectivity index (χ2v) is 3.19. The van der Waals surface area contributed by atoms with E-state index in [4.69, 9.17) is 9.47 Å². The predicted molar refractivity (Wildman–Crippen MR) is 56.5 cm³/mol. The van der Waals surface area contributed by atoms with Gasteiger partial charge in [0.15, 0.2) is 0 Å². The van der Waals surface area contributed by atoms with Gasteiger partial charge in [0.05, 0.1) is 20.8 Å². The molecule has 84 valence electrons. The van der Waals surface area contributed by atoms with E-state index in [0.29, 0.717) is 6.54 Å². The summed E-state index contributed by atoms with van der Waals surface area (Å²) in [6.07, 6.45) is 1.56. The molecule has 1 aromatic carbocycles. The first-order valence-corrected chi connectivity index (χ1v) is 4.75. The molecule has 0 aliphatic rings. The molecule has 0 amide bonds. The minimum atomic E-state index is 0.570. The van der Waals surface area contributed by atoms with Gasteiger partial charge in [0.1, 0.15) is 17.8 Å². The van der Waals surface area contributed by atoms with E-state index >= 15 is 0 Å². The highest BCUT2D eigenvalue weighted by Gasteiger charge is 2.06. The van der Waals surface area contributed by atoms with Gasteiger partial charge in [-0.15, -0.1) is 5.10 Å². The van der Waals surface area contributed by atoms with Crippen molar-refractivity contribution >= 4 is 0 Å². The molecule has 0 aliphatic carbocycles. The summed E-state index contributed by atoms with van der Waals surface area (Å²) in [6, 6.07) is 5.64. The van der Waals surface area contributed by atoms with Crippen LogP contribution in [0, 0.1) is 0 Å². The SMILES string of the molecule is COc1ccc(Cn2cnnn2)c(OC)c1. The molecular weight excluding hydrogens is 208 g/mol. The van der Waals surface area contributed by atoms with Crippen molar-refractivity contribution < 1.29 is 9.47 Å². The van der Waals surface area contributed by atoms with Gasteiger partial charge >= 0.3 is 0 Å². The van der Waals surface area contributed by atoms with Gasteiger partial charge in [0.25, 0.3) is 0 Å². The van der Waals surface area contributed by atoms with Crippen LogP contribution in [0.5, 0.6) is 11.5 Å². The Morgan fingerprint density at radius 2 is 2.12 bits per heavy atom. The molecule has 2 aromatic rings. The zero-order chi connectivity index (χ0) is 11.4. The number of rotatable bonds is 4. The monoisotopic (exact) mass is 220 g/mol. The van der Waals surface area contributed by atoms with E-state index < -0.39 is 0 Å². The Morgan fingerprint density at radius 3 is 2.75 bits per heavy atom. The summed E-state index contributed by atoms with van der Waals surface area (Å²) in [5.74, 6) is 1.52. The second kappa shape index (κ2) is 4.61. The molecule has 0 atom stereocenters. The minimum Gasteiger partial charge on any atom is -0.497 e. The molecule has 1 aromatic heterocycles. The summed E-state index contributed by atoms with van der Waals surface area (Å²) in [5, 5.41) is 10.9. The van der Waals surface area contributed by atoms with Crippen molar-refractivity contribution in [1.82, 2.24) is 20.2 Å². The summed E-state index contributed by atoms with van der Waals surface area (Å²) in [5.41, 5.74) is 0.996. The van der Waals surface area contributed by atoms with Crippen molar-refractivity contribution in [3.63, 3.8) is 0 Å². The van der Waals surface area contributed by atoms with Crippen LogP contribution in [-0.2, 0) is 6.54 Å². The van der Waals surface area contributed by atoms with E-state index in [1.54, 1.807) is 25.2 Å². The Morgan fingerprint density at radius 1 is 1.25 bits per heavy atom. The maximum absolute atomic E-state index is 5.27. The highest BCUT2D eigenvalue weighted by atomic mass is 16.5. The van der Waals surface area contributed by atoms with E-state index in [0.717, 1.165) is 17.1 Å². The van der Waals surface area contributed by atoms with Crippen LogP contribution in [0.15, 0.2) is 24.5 Å². The maximum atomic E-state index is 5.27. The summed E-state index contributed by atoms with van der Waals surface area (Å²) in [4.78, 5) is 0. The van der Waals surface area contributed by atoms with E-state index in [-0.39, 0.29) is 0 Å². The Hall–Kier alpha value is -2.11. The summed E-state index contributed by atoms with van der Waals surface area (Å²) >= 11 is 0. The first-order valence-electron chi connectivity index (χ1n) is 4.75. The highest BCUT2D eigenvalue weighted by molar-refractivity contribution is 5.40. The van der Waals surface area contributed by atoms with Crippen LogP contribution in [0.1, 0.15) is 5.56 Å². The third-order valence-electron chi connectivity index (χ3n) is 2.22. The molecule has 0 aliphatic heterocycles. The first kappa shape index (κ1) is 10.4. The Bertz CT molecular complexity index is 456. The van der Waals surface area contributed by atoms with E-state index in [1.165, 1.54) is 0 Å². The molecule has 0 spiro atoms. The lowest BCUT2D eigenvalue weighted by atomic mass is 10.2. The molecule has 2 rings (SSSR count). The zero-order valence-electron chi connectivity index (χ0n) is 9.12. The summed E-state index contributed by atoms with van der Waals surface area (Å²) < 4.78 is 12.0. The summed E-state index contributed by atoms with van der Waals surface area (Å²) in [6.45, 7) is 0.570. The van der Waals surface area contributed by atoms with Crippen LogP contribution >= 0.6 is 0 Å². The van der Waals surface area contributed by atoms with Crippen molar-refractivity contribution in [2.75, 3.05) is 14.2 Å². The molecule has 0 N–H and O–H groups in total. The second-order valence-electron chi connectivity index (χ2n) is 3.19. The normalized spacial score (nSPS) is 10.1. The standard InChI is InChI=1S/C10H12N4O2/c1-15-9-4-3-8(10(5-9)16-2)6-14-7-11-12-13-14/h3-5,7H,6H2,1-2H3. The molecule has 6 nitrogen and oxygen atoms in total. The average Bonchev–Trinajstić information content (AvgIpc) is 2.82. The van der Waals surface area contributed by atoms with Crippen LogP contribution in [0.25, 0.3) is 0 Å². The number of methoxy groups -OCH3 is 2. The number of hydrogen-bond acceptors (Lipinski definition) is 5. The molecule has 0 saturated heterocycles. The Labute approximate surface area is 92.8 Å². The number of aromatic nitrogens is 4. The van der Waals surface area contributed by atoms with Crippen LogP contribution in [-0.4, -0.2) is 34.4 Å². The van der Waals surface area contributed by atoms with Gasteiger partial charge in [0, 0.05) is 11.6 Å². The van der Waals surface area contributed by atoms with Crippen molar-refractivity contribution in [2.24, 2.45) is 0 Å². The van der Waals surface area contributed by atoms with E-state index in [9.17, 15) is 0 Å². The molecule has 6 heteroatoms. The van der Waals surface area contributed by atoms with Gasteiger partial charge in [-0.2, -0.15) is 0 Å². The van der Waals surface area contributed by atoms with E-state index in [1.807, 2.05) is 18.2 Å². The molecule has 16 heavy (non-hydrogen) atoms. The number of tetrazole rings is 1. The minimum absolute atomic E-state index is 0.570. The van der Waals surface area contributed by atoms with Gasteiger partial charge in [-0.3, -0.25) is 0 Å². The summed E-state index contributed by atoms with van der Waals surface area (Å²) in [7, 11) is 3.24. The smallest absolute Gasteiger partial charge is 0.138 e. The highest BCUT2D eigenvalue weighted by Crippen LogP contribution is 2.24. The first-order chi connectivity index (χ1) is 7.83. The molecule has 0 bridgehead atoms. The fourth-order valence-electron chi connectivity index (χ4n) is 1.41. The fraction of sp³-hybridized carbons (Fsp3) is 0.300. The van der Waals surface area contributed by atoms with Crippen LogP contribution in [0.3, 0.4) is 0 Å². The number of hydrogen-bond donors (Lipinski definition) is 0. The van der Waals surface area contributed by atoms with Crippen LogP contribution < -0.4 is 9.47 Å². The fourth-order valence-corrected chi connectivity index (χ4v) is 1.41. The molecule has 0 fully saturated rings. The van der Waals surface area contributed by atoms with Crippen molar-refractivity contribution in [3.8, 4) is 11.5 Å². The Kier molecular flexibility index (Phi) is 3.00. The quantitative estimate of drug-likeness (QED) is 0.760. The lowest BCUT2D eigenvalue weighted by molar-refractivity contribution is 0.389. The van der Waals surface area contributed by atoms with Crippen LogP contribution in [0.4, 0.5) is 0 Å². The zero-order valence-corrected chi connectivity index (χ0v) is 9.12. The lowest BCUT2D eigenvalue weighted by Gasteiger charge is -2.09. The van der Waals surface area contributed by atoms with Crippen molar-refractivity contribution in [1.29, 1.82) is 0 Å².